The Bertz CT molecular complexity index is 416. The van der Waals surface area contributed by atoms with Crippen molar-refractivity contribution in [1.82, 2.24) is 5.32 Å². The van der Waals surface area contributed by atoms with Crippen LogP contribution in [-0.2, 0) is 0 Å². The van der Waals surface area contributed by atoms with Crippen molar-refractivity contribution in [3.05, 3.63) is 22.2 Å². The fourth-order valence-corrected chi connectivity index (χ4v) is 3.31. The van der Waals surface area contributed by atoms with E-state index < -0.39 is 0 Å². The molecule has 3 nitrogen and oxygen atoms in total. The fraction of sp³-hybridized carbons (Fsp3) is 0.538. The van der Waals surface area contributed by atoms with E-state index in [1.807, 2.05) is 6.07 Å². The van der Waals surface area contributed by atoms with E-state index in [4.69, 9.17) is 9.47 Å². The van der Waals surface area contributed by atoms with Crippen LogP contribution in [0, 0.1) is 0 Å². The van der Waals surface area contributed by atoms with Crippen molar-refractivity contribution < 1.29 is 9.47 Å². The molecule has 1 N–H and O–H groups in total. The highest BCUT2D eigenvalue weighted by molar-refractivity contribution is 9.10. The van der Waals surface area contributed by atoms with Crippen LogP contribution in [0.25, 0.3) is 0 Å². The summed E-state index contributed by atoms with van der Waals surface area (Å²) in [5, 5.41) is 3.40. The molecule has 0 aromatic heterocycles. The maximum absolute atomic E-state index is 5.70. The summed E-state index contributed by atoms with van der Waals surface area (Å²) in [6.07, 6.45) is 2.39. The van der Waals surface area contributed by atoms with E-state index in [1.165, 1.54) is 18.4 Å². The molecule has 0 aliphatic carbocycles. The zero-order valence-corrected chi connectivity index (χ0v) is 11.3. The Morgan fingerprint density at radius 3 is 2.71 bits per heavy atom. The van der Waals surface area contributed by atoms with Crippen molar-refractivity contribution in [2.45, 2.75) is 18.8 Å². The number of nitrogens with one attached hydrogen (secondary N) is 1. The van der Waals surface area contributed by atoms with Crippen LogP contribution in [0.2, 0.25) is 0 Å². The number of ether oxygens (including phenoxy) is 2. The second-order valence-corrected chi connectivity index (χ2v) is 5.31. The van der Waals surface area contributed by atoms with Gasteiger partial charge in [-0.15, -0.1) is 0 Å². The van der Waals surface area contributed by atoms with Crippen LogP contribution in [0.5, 0.6) is 11.5 Å². The minimum atomic E-state index is 0.626. The summed E-state index contributed by atoms with van der Waals surface area (Å²) < 4.78 is 12.4. The monoisotopic (exact) mass is 297 g/mol. The Hall–Kier alpha value is -0.740. The molecule has 1 aromatic rings. The number of hydrogen-bond donors (Lipinski definition) is 1. The van der Waals surface area contributed by atoms with Gasteiger partial charge in [0.15, 0.2) is 11.5 Å². The summed E-state index contributed by atoms with van der Waals surface area (Å²) in [4.78, 5) is 0. The molecule has 2 aliphatic heterocycles. The van der Waals surface area contributed by atoms with Crippen molar-refractivity contribution in [1.29, 1.82) is 0 Å². The van der Waals surface area contributed by atoms with Crippen LogP contribution in [0.1, 0.15) is 24.3 Å². The highest BCUT2D eigenvalue weighted by Crippen LogP contribution is 2.43. The molecule has 4 heteroatoms. The summed E-state index contributed by atoms with van der Waals surface area (Å²) in [6, 6.07) is 4.21. The zero-order valence-electron chi connectivity index (χ0n) is 9.67. The second kappa shape index (κ2) is 4.86. The van der Waals surface area contributed by atoms with Gasteiger partial charge in [-0.05, 0) is 59.4 Å². The Morgan fingerprint density at radius 2 is 1.88 bits per heavy atom. The van der Waals surface area contributed by atoms with E-state index in [-0.39, 0.29) is 0 Å². The lowest BCUT2D eigenvalue weighted by Gasteiger charge is -2.27. The van der Waals surface area contributed by atoms with E-state index in [0.29, 0.717) is 19.1 Å². The van der Waals surface area contributed by atoms with Gasteiger partial charge in [-0.2, -0.15) is 0 Å². The normalized spacial score (nSPS) is 20.3. The third-order valence-electron chi connectivity index (χ3n) is 3.46. The van der Waals surface area contributed by atoms with Gasteiger partial charge in [0.05, 0.1) is 4.47 Å². The van der Waals surface area contributed by atoms with E-state index in [0.717, 1.165) is 29.1 Å². The molecule has 0 radical (unpaired) electrons. The van der Waals surface area contributed by atoms with Gasteiger partial charge in [-0.25, -0.2) is 0 Å². The highest BCUT2D eigenvalue weighted by Gasteiger charge is 2.23. The van der Waals surface area contributed by atoms with Crippen molar-refractivity contribution in [2.24, 2.45) is 0 Å². The van der Waals surface area contributed by atoms with Gasteiger partial charge < -0.3 is 14.8 Å². The first-order valence-corrected chi connectivity index (χ1v) is 6.94. The molecule has 0 atom stereocenters. The molecule has 1 saturated heterocycles. The molecule has 92 valence electrons. The van der Waals surface area contributed by atoms with Crippen LogP contribution in [-0.4, -0.2) is 26.3 Å². The molecule has 0 saturated carbocycles. The lowest BCUT2D eigenvalue weighted by atomic mass is 9.90. The van der Waals surface area contributed by atoms with Gasteiger partial charge in [0, 0.05) is 0 Å². The van der Waals surface area contributed by atoms with E-state index >= 15 is 0 Å². The quantitative estimate of drug-likeness (QED) is 0.864. The second-order valence-electron chi connectivity index (χ2n) is 4.52. The molecule has 0 unspecified atom stereocenters. The number of benzene rings is 1. The van der Waals surface area contributed by atoms with Crippen LogP contribution in [0.3, 0.4) is 0 Å². The van der Waals surface area contributed by atoms with Crippen LogP contribution < -0.4 is 14.8 Å². The molecule has 3 rings (SSSR count). The first-order chi connectivity index (χ1) is 8.36. The molecule has 1 fully saturated rings. The lowest BCUT2D eigenvalue weighted by Crippen LogP contribution is -2.27. The molecular weight excluding hydrogens is 282 g/mol. The van der Waals surface area contributed by atoms with Gasteiger partial charge in [-0.1, -0.05) is 6.07 Å². The first-order valence-electron chi connectivity index (χ1n) is 6.15. The van der Waals surface area contributed by atoms with Crippen molar-refractivity contribution in [3.63, 3.8) is 0 Å². The Morgan fingerprint density at radius 1 is 1.12 bits per heavy atom. The highest BCUT2D eigenvalue weighted by atomic mass is 79.9. The van der Waals surface area contributed by atoms with Gasteiger partial charge in [0.25, 0.3) is 0 Å². The van der Waals surface area contributed by atoms with E-state index in [1.54, 1.807) is 0 Å². The van der Waals surface area contributed by atoms with Crippen LogP contribution >= 0.6 is 15.9 Å². The smallest absolute Gasteiger partial charge is 0.175 e. The largest absolute Gasteiger partial charge is 0.486 e. The average molecular weight is 298 g/mol. The summed E-state index contributed by atoms with van der Waals surface area (Å²) in [7, 11) is 0. The van der Waals surface area contributed by atoms with Crippen LogP contribution in [0.15, 0.2) is 16.6 Å². The fourth-order valence-electron chi connectivity index (χ4n) is 2.55. The van der Waals surface area contributed by atoms with Crippen molar-refractivity contribution >= 4 is 15.9 Å². The first kappa shape index (κ1) is 11.4. The molecule has 17 heavy (non-hydrogen) atoms. The number of hydrogen-bond acceptors (Lipinski definition) is 3. The Kier molecular flexibility index (Phi) is 3.25. The predicted molar refractivity (Wildman–Crippen MR) is 70.0 cm³/mol. The minimum Gasteiger partial charge on any atom is -0.486 e. The van der Waals surface area contributed by atoms with Crippen molar-refractivity contribution in [2.75, 3.05) is 26.3 Å². The Labute approximate surface area is 110 Å². The third kappa shape index (κ3) is 2.16. The van der Waals surface area contributed by atoms with E-state index in [9.17, 15) is 0 Å². The number of rotatable bonds is 1. The topological polar surface area (TPSA) is 30.5 Å². The predicted octanol–water partition coefficient (Wildman–Crippen LogP) is 2.69. The van der Waals surface area contributed by atoms with Gasteiger partial charge in [-0.3, -0.25) is 0 Å². The van der Waals surface area contributed by atoms with Gasteiger partial charge in [0.2, 0.25) is 0 Å². The average Bonchev–Trinajstić information content (AvgIpc) is 2.40. The van der Waals surface area contributed by atoms with E-state index in [2.05, 4.69) is 27.3 Å². The summed E-state index contributed by atoms with van der Waals surface area (Å²) in [5.41, 5.74) is 1.36. The molecular formula is C13H16BrNO2. The molecule has 2 aliphatic rings. The molecule has 2 heterocycles. The molecule has 0 amide bonds. The molecule has 1 aromatic carbocycles. The zero-order chi connectivity index (χ0) is 11.7. The number of piperidine rings is 1. The maximum atomic E-state index is 5.70. The lowest BCUT2D eigenvalue weighted by molar-refractivity contribution is 0.170. The third-order valence-corrected chi connectivity index (χ3v) is 4.28. The van der Waals surface area contributed by atoms with Crippen molar-refractivity contribution in [3.8, 4) is 11.5 Å². The SMILES string of the molecule is Brc1c(C2CCNCC2)ccc2c1OCCO2. The maximum Gasteiger partial charge on any atom is 0.175 e. The van der Waals surface area contributed by atoms with Crippen LogP contribution in [0.4, 0.5) is 0 Å². The number of halogens is 1. The molecule has 0 spiro atoms. The summed E-state index contributed by atoms with van der Waals surface area (Å²) in [6.45, 7) is 3.49. The minimum absolute atomic E-state index is 0.626. The van der Waals surface area contributed by atoms with Gasteiger partial charge >= 0.3 is 0 Å². The van der Waals surface area contributed by atoms with Gasteiger partial charge in [0.1, 0.15) is 13.2 Å². The summed E-state index contributed by atoms with van der Waals surface area (Å²) in [5.74, 6) is 2.37. The standard InChI is InChI=1S/C13H16BrNO2/c14-12-10(9-3-5-15-6-4-9)1-2-11-13(12)17-8-7-16-11/h1-2,9,15H,3-8H2. The molecule has 0 bridgehead atoms. The number of fused-ring (bicyclic) bond motifs is 1. The Balaban J connectivity index is 1.94. The summed E-state index contributed by atoms with van der Waals surface area (Å²) >= 11 is 3.68.